The van der Waals surface area contributed by atoms with Gasteiger partial charge in [0.1, 0.15) is 6.04 Å². The Bertz CT molecular complexity index is 655. The highest BCUT2D eigenvalue weighted by Gasteiger charge is 2.31. The molecule has 2 amide bonds. The minimum absolute atomic E-state index is 0.0270. The van der Waals surface area contributed by atoms with Crippen LogP contribution in [0.1, 0.15) is 63.5 Å². The van der Waals surface area contributed by atoms with Gasteiger partial charge in [-0.2, -0.15) is 0 Å². The molecule has 1 aromatic rings. The maximum Gasteiger partial charge on any atom is 0.243 e. The summed E-state index contributed by atoms with van der Waals surface area (Å²) in [4.78, 5) is 25.8. The van der Waals surface area contributed by atoms with E-state index in [1.165, 1.54) is 30.4 Å². The molecule has 1 aromatic carbocycles. The molecule has 0 saturated heterocycles. The molecular formula is C22H33N3O2. The predicted molar refractivity (Wildman–Crippen MR) is 107 cm³/mol. The van der Waals surface area contributed by atoms with Crippen LogP contribution >= 0.6 is 0 Å². The number of rotatable bonds is 6. The Kier molecular flexibility index (Phi) is 6.89. The molecule has 1 heterocycles. The molecule has 0 spiro atoms. The highest BCUT2D eigenvalue weighted by atomic mass is 16.2. The van der Waals surface area contributed by atoms with Crippen molar-refractivity contribution >= 4 is 11.8 Å². The third-order valence-corrected chi connectivity index (χ3v) is 6.14. The van der Waals surface area contributed by atoms with Crippen molar-refractivity contribution in [2.45, 2.75) is 83.5 Å². The maximum atomic E-state index is 12.9. The van der Waals surface area contributed by atoms with E-state index in [0.29, 0.717) is 13.0 Å². The smallest absolute Gasteiger partial charge is 0.243 e. The van der Waals surface area contributed by atoms with E-state index in [4.69, 9.17) is 0 Å². The van der Waals surface area contributed by atoms with Crippen LogP contribution in [0.25, 0.3) is 0 Å². The van der Waals surface area contributed by atoms with Crippen molar-refractivity contribution in [1.82, 2.24) is 16.0 Å². The van der Waals surface area contributed by atoms with Gasteiger partial charge in [0, 0.05) is 12.6 Å². The van der Waals surface area contributed by atoms with E-state index in [0.717, 1.165) is 19.3 Å². The standard InChI is InChI=1S/C22H33N3O2/c1-3-15(2)20(22(27)24-18-11-5-4-6-12-18)25-21(26)19-13-16-9-7-8-10-17(16)14-23-19/h7-10,15,18-20,23H,3-6,11-14H2,1-2H3,(H,24,27)(H,25,26)/t15-,19+,20-/m0/s1. The molecule has 27 heavy (non-hydrogen) atoms. The number of carbonyl (C=O) groups excluding carboxylic acids is 2. The van der Waals surface area contributed by atoms with E-state index in [1.807, 2.05) is 19.1 Å². The van der Waals surface area contributed by atoms with Crippen LogP contribution in [0.5, 0.6) is 0 Å². The first-order valence-electron chi connectivity index (χ1n) is 10.5. The van der Waals surface area contributed by atoms with Gasteiger partial charge in [0.25, 0.3) is 0 Å². The summed E-state index contributed by atoms with van der Waals surface area (Å²) in [7, 11) is 0. The minimum Gasteiger partial charge on any atom is -0.352 e. The summed E-state index contributed by atoms with van der Waals surface area (Å²) in [5, 5.41) is 9.54. The van der Waals surface area contributed by atoms with Crippen molar-refractivity contribution in [3.8, 4) is 0 Å². The van der Waals surface area contributed by atoms with Crippen LogP contribution in [-0.4, -0.2) is 29.9 Å². The normalized spacial score (nSPS) is 22.4. The van der Waals surface area contributed by atoms with Gasteiger partial charge in [0.2, 0.25) is 11.8 Å². The van der Waals surface area contributed by atoms with E-state index in [2.05, 4.69) is 35.0 Å². The number of hydrogen-bond acceptors (Lipinski definition) is 3. The molecule has 1 aliphatic carbocycles. The molecule has 3 atom stereocenters. The Balaban J connectivity index is 1.61. The molecule has 5 heteroatoms. The van der Waals surface area contributed by atoms with Gasteiger partial charge >= 0.3 is 0 Å². The average molecular weight is 372 g/mol. The Labute approximate surface area is 162 Å². The van der Waals surface area contributed by atoms with E-state index in [1.54, 1.807) is 0 Å². The Morgan fingerprint density at radius 2 is 1.85 bits per heavy atom. The molecule has 1 saturated carbocycles. The van der Waals surface area contributed by atoms with Crippen LogP contribution in [0.3, 0.4) is 0 Å². The number of benzene rings is 1. The van der Waals surface area contributed by atoms with Gasteiger partial charge in [0.15, 0.2) is 0 Å². The number of hydrogen-bond donors (Lipinski definition) is 3. The van der Waals surface area contributed by atoms with E-state index in [9.17, 15) is 9.59 Å². The van der Waals surface area contributed by atoms with Crippen molar-refractivity contribution in [2.75, 3.05) is 0 Å². The second kappa shape index (κ2) is 9.36. The molecule has 1 aliphatic heterocycles. The molecule has 2 aliphatic rings. The van der Waals surface area contributed by atoms with Crippen LogP contribution in [0.2, 0.25) is 0 Å². The fraction of sp³-hybridized carbons (Fsp3) is 0.636. The Hall–Kier alpha value is -1.88. The lowest BCUT2D eigenvalue weighted by Crippen LogP contribution is -2.57. The van der Waals surface area contributed by atoms with Crippen molar-refractivity contribution in [1.29, 1.82) is 0 Å². The van der Waals surface area contributed by atoms with E-state index in [-0.39, 0.29) is 29.8 Å². The minimum atomic E-state index is -0.469. The third-order valence-electron chi connectivity index (χ3n) is 6.14. The van der Waals surface area contributed by atoms with Crippen molar-refractivity contribution in [3.05, 3.63) is 35.4 Å². The first kappa shape index (κ1) is 19.9. The summed E-state index contributed by atoms with van der Waals surface area (Å²) >= 11 is 0. The molecule has 3 rings (SSSR count). The topological polar surface area (TPSA) is 70.2 Å². The van der Waals surface area contributed by atoms with Crippen molar-refractivity contribution < 1.29 is 9.59 Å². The van der Waals surface area contributed by atoms with Gasteiger partial charge in [-0.1, -0.05) is 63.8 Å². The summed E-state index contributed by atoms with van der Waals surface area (Å²) in [5.41, 5.74) is 2.46. The van der Waals surface area contributed by atoms with Gasteiger partial charge in [0.05, 0.1) is 6.04 Å². The lowest BCUT2D eigenvalue weighted by Gasteiger charge is -2.31. The molecule has 0 aromatic heterocycles. The SMILES string of the molecule is CC[C@H](C)[C@H](NC(=O)[C@H]1Cc2ccccc2CN1)C(=O)NC1CCCCC1. The van der Waals surface area contributed by atoms with E-state index < -0.39 is 6.04 Å². The summed E-state index contributed by atoms with van der Waals surface area (Å²) in [6.07, 6.45) is 7.23. The molecule has 5 nitrogen and oxygen atoms in total. The van der Waals surface area contributed by atoms with Crippen LogP contribution in [-0.2, 0) is 22.6 Å². The quantitative estimate of drug-likeness (QED) is 0.720. The van der Waals surface area contributed by atoms with Gasteiger partial charge < -0.3 is 16.0 Å². The van der Waals surface area contributed by atoms with Crippen LogP contribution in [0.15, 0.2) is 24.3 Å². The van der Waals surface area contributed by atoms with Crippen LogP contribution < -0.4 is 16.0 Å². The van der Waals surface area contributed by atoms with E-state index >= 15 is 0 Å². The molecule has 0 bridgehead atoms. The molecule has 148 valence electrons. The average Bonchev–Trinajstić information content (AvgIpc) is 2.71. The molecule has 3 N–H and O–H groups in total. The first-order valence-corrected chi connectivity index (χ1v) is 10.5. The molecular weight excluding hydrogens is 338 g/mol. The second-order valence-electron chi connectivity index (χ2n) is 8.12. The Morgan fingerprint density at radius 3 is 2.56 bits per heavy atom. The van der Waals surface area contributed by atoms with Crippen molar-refractivity contribution in [2.24, 2.45) is 5.92 Å². The highest BCUT2D eigenvalue weighted by Crippen LogP contribution is 2.19. The number of nitrogens with one attached hydrogen (secondary N) is 3. The zero-order valence-corrected chi connectivity index (χ0v) is 16.6. The fourth-order valence-corrected chi connectivity index (χ4v) is 4.13. The van der Waals surface area contributed by atoms with Crippen molar-refractivity contribution in [3.63, 3.8) is 0 Å². The summed E-state index contributed by atoms with van der Waals surface area (Å²) in [6.45, 7) is 4.79. The zero-order chi connectivity index (χ0) is 19.2. The highest BCUT2D eigenvalue weighted by molar-refractivity contribution is 5.90. The fourth-order valence-electron chi connectivity index (χ4n) is 4.13. The lowest BCUT2D eigenvalue weighted by atomic mass is 9.92. The summed E-state index contributed by atoms with van der Waals surface area (Å²) < 4.78 is 0. The number of carbonyl (C=O) groups is 2. The van der Waals surface area contributed by atoms with Crippen LogP contribution in [0, 0.1) is 5.92 Å². The largest absolute Gasteiger partial charge is 0.352 e. The number of fused-ring (bicyclic) bond motifs is 1. The molecule has 0 radical (unpaired) electrons. The first-order chi connectivity index (χ1) is 13.1. The predicted octanol–water partition coefficient (Wildman–Crippen LogP) is 2.68. The maximum absolute atomic E-state index is 12.9. The monoisotopic (exact) mass is 371 g/mol. The molecule has 1 fully saturated rings. The van der Waals surface area contributed by atoms with Gasteiger partial charge in [-0.25, -0.2) is 0 Å². The molecule has 0 unspecified atom stereocenters. The zero-order valence-electron chi connectivity index (χ0n) is 16.6. The summed E-state index contributed by atoms with van der Waals surface area (Å²) in [5.74, 6) is 0.00261. The summed E-state index contributed by atoms with van der Waals surface area (Å²) in [6, 6.07) is 7.72. The van der Waals surface area contributed by atoms with Gasteiger partial charge in [-0.05, 0) is 36.3 Å². The second-order valence-corrected chi connectivity index (χ2v) is 8.12. The Morgan fingerprint density at radius 1 is 1.15 bits per heavy atom. The lowest BCUT2D eigenvalue weighted by molar-refractivity contribution is -0.131. The number of amides is 2. The van der Waals surface area contributed by atoms with Crippen LogP contribution in [0.4, 0.5) is 0 Å². The van der Waals surface area contributed by atoms with Gasteiger partial charge in [-0.3, -0.25) is 9.59 Å². The van der Waals surface area contributed by atoms with Gasteiger partial charge in [-0.15, -0.1) is 0 Å². The third kappa shape index (κ3) is 5.10.